The molecule has 1 aliphatic rings. The van der Waals surface area contributed by atoms with Crippen molar-refractivity contribution >= 4 is 6.92 Å². The molecule has 88 valence electrons. The SMILES string of the molecule is CB1OC1(C)OCCCCC(C)CCO. The van der Waals surface area contributed by atoms with Crippen molar-refractivity contribution in [1.29, 1.82) is 0 Å². The molecule has 1 rings (SSSR count). The van der Waals surface area contributed by atoms with Crippen LogP contribution < -0.4 is 0 Å². The highest BCUT2D eigenvalue weighted by molar-refractivity contribution is 6.62. The van der Waals surface area contributed by atoms with Crippen molar-refractivity contribution in [2.24, 2.45) is 5.92 Å². The van der Waals surface area contributed by atoms with Crippen molar-refractivity contribution in [3.63, 3.8) is 0 Å². The molecule has 1 N–H and O–H groups in total. The minimum absolute atomic E-state index is 0.255. The molecule has 0 spiro atoms. The van der Waals surface area contributed by atoms with Gasteiger partial charge < -0.3 is 14.5 Å². The first-order valence-electron chi connectivity index (χ1n) is 6.01. The molecule has 0 saturated carbocycles. The third kappa shape index (κ3) is 4.54. The van der Waals surface area contributed by atoms with Crippen LogP contribution in [0, 0.1) is 5.92 Å². The molecule has 15 heavy (non-hydrogen) atoms. The van der Waals surface area contributed by atoms with Gasteiger partial charge in [-0.05, 0) is 25.7 Å². The minimum Gasteiger partial charge on any atom is -0.408 e. The number of hydrogen-bond acceptors (Lipinski definition) is 3. The standard InChI is InChI=1S/C11H23BO3/c1-10(7-8-13)6-4-5-9-14-11(2)12(3)15-11/h10,13H,4-9H2,1-3H3. The Morgan fingerprint density at radius 2 is 2.07 bits per heavy atom. The minimum atomic E-state index is -0.295. The van der Waals surface area contributed by atoms with Crippen LogP contribution in [0.3, 0.4) is 0 Å². The molecule has 0 amide bonds. The Balaban J connectivity index is 1.89. The van der Waals surface area contributed by atoms with E-state index in [9.17, 15) is 0 Å². The predicted molar refractivity (Wildman–Crippen MR) is 61.8 cm³/mol. The van der Waals surface area contributed by atoms with Crippen LogP contribution in [0.2, 0.25) is 6.82 Å². The van der Waals surface area contributed by atoms with Gasteiger partial charge in [-0.15, -0.1) is 0 Å². The fourth-order valence-corrected chi connectivity index (χ4v) is 1.70. The van der Waals surface area contributed by atoms with Crippen molar-refractivity contribution in [2.75, 3.05) is 13.2 Å². The fraction of sp³-hybridized carbons (Fsp3) is 1.00. The van der Waals surface area contributed by atoms with Gasteiger partial charge in [-0.1, -0.05) is 26.6 Å². The molecule has 0 bridgehead atoms. The molecule has 3 nitrogen and oxygen atoms in total. The first kappa shape index (κ1) is 13.0. The van der Waals surface area contributed by atoms with Crippen molar-refractivity contribution < 1.29 is 14.5 Å². The van der Waals surface area contributed by atoms with Crippen LogP contribution in [0.4, 0.5) is 0 Å². The molecule has 2 unspecified atom stereocenters. The monoisotopic (exact) mass is 214 g/mol. The topological polar surface area (TPSA) is 42.0 Å². The summed E-state index contributed by atoms with van der Waals surface area (Å²) in [5.74, 6) is 0.627. The van der Waals surface area contributed by atoms with Gasteiger partial charge >= 0.3 is 6.92 Å². The number of aliphatic hydroxyl groups excluding tert-OH is 1. The zero-order valence-corrected chi connectivity index (χ0v) is 10.2. The first-order chi connectivity index (χ1) is 7.08. The second kappa shape index (κ2) is 5.87. The molecule has 0 aromatic carbocycles. The van der Waals surface area contributed by atoms with Crippen LogP contribution in [0.25, 0.3) is 0 Å². The van der Waals surface area contributed by atoms with Gasteiger partial charge in [0.15, 0.2) is 5.69 Å². The van der Waals surface area contributed by atoms with E-state index in [0.29, 0.717) is 12.5 Å². The van der Waals surface area contributed by atoms with Gasteiger partial charge in [0.05, 0.1) is 0 Å². The smallest absolute Gasteiger partial charge is 0.356 e. The fourth-order valence-electron chi connectivity index (χ4n) is 1.70. The van der Waals surface area contributed by atoms with E-state index in [2.05, 4.69) is 6.92 Å². The van der Waals surface area contributed by atoms with Crippen LogP contribution >= 0.6 is 0 Å². The third-order valence-electron chi connectivity index (χ3n) is 3.19. The Morgan fingerprint density at radius 1 is 1.40 bits per heavy atom. The highest BCUT2D eigenvalue weighted by atomic mass is 16.7. The molecule has 1 fully saturated rings. The lowest BCUT2D eigenvalue weighted by atomic mass is 9.74. The van der Waals surface area contributed by atoms with Gasteiger partial charge in [-0.3, -0.25) is 0 Å². The van der Waals surface area contributed by atoms with Gasteiger partial charge in [0.1, 0.15) is 0 Å². The molecule has 0 aliphatic carbocycles. The predicted octanol–water partition coefficient (Wildman–Crippen LogP) is 2.10. The second-order valence-corrected chi connectivity index (χ2v) is 4.74. The van der Waals surface area contributed by atoms with Crippen LogP contribution in [0.5, 0.6) is 0 Å². The summed E-state index contributed by atoms with van der Waals surface area (Å²) in [6.07, 6.45) is 4.35. The van der Waals surface area contributed by atoms with E-state index < -0.39 is 0 Å². The van der Waals surface area contributed by atoms with E-state index in [4.69, 9.17) is 14.5 Å². The van der Waals surface area contributed by atoms with Gasteiger partial charge in [0.25, 0.3) is 0 Å². The summed E-state index contributed by atoms with van der Waals surface area (Å²) in [4.78, 5) is 0. The lowest BCUT2D eigenvalue weighted by Gasteiger charge is -2.11. The van der Waals surface area contributed by atoms with Gasteiger partial charge in [0, 0.05) is 13.2 Å². The maximum Gasteiger partial charge on any atom is 0.356 e. The van der Waals surface area contributed by atoms with Gasteiger partial charge in [-0.2, -0.15) is 0 Å². The summed E-state index contributed by atoms with van der Waals surface area (Å²) >= 11 is 0. The average molecular weight is 214 g/mol. The maximum atomic E-state index is 8.74. The molecular weight excluding hydrogens is 191 g/mol. The van der Waals surface area contributed by atoms with Crippen LogP contribution in [0.1, 0.15) is 39.5 Å². The maximum absolute atomic E-state index is 8.74. The summed E-state index contributed by atoms with van der Waals surface area (Å²) in [6, 6.07) is 0. The van der Waals surface area contributed by atoms with Crippen LogP contribution in [-0.4, -0.2) is 30.9 Å². The summed E-state index contributed by atoms with van der Waals surface area (Å²) < 4.78 is 10.9. The quantitative estimate of drug-likeness (QED) is 0.382. The highest BCUT2D eigenvalue weighted by Crippen LogP contribution is 2.33. The summed E-state index contributed by atoms with van der Waals surface area (Å²) in [5, 5.41) is 8.74. The van der Waals surface area contributed by atoms with E-state index >= 15 is 0 Å². The van der Waals surface area contributed by atoms with Crippen LogP contribution in [-0.2, 0) is 9.39 Å². The Labute approximate surface area is 93.3 Å². The number of ether oxygens (including phenoxy) is 1. The molecule has 0 radical (unpaired) electrons. The van der Waals surface area contributed by atoms with Crippen molar-refractivity contribution in [3.8, 4) is 0 Å². The Hall–Kier alpha value is -0.0551. The number of unbranched alkanes of at least 4 members (excludes halogenated alkanes) is 1. The molecule has 1 aliphatic heterocycles. The summed E-state index contributed by atoms with van der Waals surface area (Å²) in [5.41, 5.74) is -0.295. The zero-order valence-electron chi connectivity index (χ0n) is 10.2. The second-order valence-electron chi connectivity index (χ2n) is 4.74. The van der Waals surface area contributed by atoms with Crippen molar-refractivity contribution in [2.45, 2.75) is 52.0 Å². The number of aliphatic hydroxyl groups is 1. The van der Waals surface area contributed by atoms with E-state index in [-0.39, 0.29) is 12.6 Å². The molecular formula is C11H23BO3. The van der Waals surface area contributed by atoms with E-state index in [1.807, 2.05) is 13.7 Å². The Morgan fingerprint density at radius 3 is 2.60 bits per heavy atom. The summed E-state index contributed by atoms with van der Waals surface area (Å²) in [6.45, 7) is 7.55. The Bertz CT molecular complexity index is 189. The van der Waals surface area contributed by atoms with E-state index in [0.717, 1.165) is 19.4 Å². The molecule has 0 aromatic heterocycles. The lowest BCUT2D eigenvalue weighted by molar-refractivity contribution is -0.0303. The first-order valence-corrected chi connectivity index (χ1v) is 6.01. The molecule has 1 saturated heterocycles. The average Bonchev–Trinajstić information content (AvgIpc) is 2.74. The lowest BCUT2D eigenvalue weighted by Crippen LogP contribution is -2.16. The van der Waals surface area contributed by atoms with E-state index in [1.165, 1.54) is 12.8 Å². The van der Waals surface area contributed by atoms with Crippen LogP contribution in [0.15, 0.2) is 0 Å². The largest absolute Gasteiger partial charge is 0.408 e. The van der Waals surface area contributed by atoms with Crippen molar-refractivity contribution in [1.82, 2.24) is 0 Å². The van der Waals surface area contributed by atoms with E-state index in [1.54, 1.807) is 0 Å². The normalized spacial score (nSPS) is 26.8. The Kier molecular flexibility index (Phi) is 5.10. The molecule has 1 heterocycles. The third-order valence-corrected chi connectivity index (χ3v) is 3.19. The molecule has 0 aromatic rings. The molecule has 2 atom stereocenters. The summed E-state index contributed by atoms with van der Waals surface area (Å²) in [7, 11) is 0. The highest BCUT2D eigenvalue weighted by Gasteiger charge is 2.54. The van der Waals surface area contributed by atoms with Crippen molar-refractivity contribution in [3.05, 3.63) is 0 Å². The molecule has 4 heteroatoms. The number of hydrogen-bond donors (Lipinski definition) is 1. The number of rotatable bonds is 8. The zero-order chi connectivity index (χ0) is 11.3. The van der Waals surface area contributed by atoms with Gasteiger partial charge in [-0.25, -0.2) is 0 Å². The van der Waals surface area contributed by atoms with Gasteiger partial charge in [0.2, 0.25) is 0 Å².